The van der Waals surface area contributed by atoms with Crippen LogP contribution in [0.1, 0.15) is 34.1 Å². The van der Waals surface area contributed by atoms with Gasteiger partial charge in [-0.1, -0.05) is 13.0 Å². The summed E-state index contributed by atoms with van der Waals surface area (Å²) in [5, 5.41) is 8.98. The molecule has 0 aliphatic rings. The van der Waals surface area contributed by atoms with E-state index in [0.29, 0.717) is 18.0 Å². The molecular weight excluding hydrogens is 174 g/mol. The third-order valence-electron chi connectivity index (χ3n) is 2.91. The minimum Gasteiger partial charge on any atom is -0.395 e. The summed E-state index contributed by atoms with van der Waals surface area (Å²) in [7, 11) is 0. The smallest absolute Gasteiger partial charge is 0.0558 e. The van der Waals surface area contributed by atoms with Crippen LogP contribution in [-0.2, 0) is 0 Å². The molecule has 0 radical (unpaired) electrons. The van der Waals surface area contributed by atoms with Crippen LogP contribution >= 0.6 is 0 Å². The maximum Gasteiger partial charge on any atom is 0.0558 e. The molecule has 0 aromatic rings. The van der Waals surface area contributed by atoms with Crippen molar-refractivity contribution in [1.29, 1.82) is 0 Å². The summed E-state index contributed by atoms with van der Waals surface area (Å²) in [5.41, 5.74) is 0. The second-order valence-electron chi connectivity index (χ2n) is 4.30. The molecule has 2 unspecified atom stereocenters. The lowest BCUT2D eigenvalue weighted by Gasteiger charge is -2.35. The maximum atomic E-state index is 8.98. The molecule has 0 heterocycles. The summed E-state index contributed by atoms with van der Waals surface area (Å²) in [5.74, 6) is 0.599. The molecule has 0 aromatic carbocycles. The van der Waals surface area contributed by atoms with Gasteiger partial charge in [0, 0.05) is 18.6 Å². The second-order valence-corrected chi connectivity index (χ2v) is 4.30. The molecule has 0 aliphatic heterocycles. The van der Waals surface area contributed by atoms with Crippen LogP contribution in [0.2, 0.25) is 0 Å². The van der Waals surface area contributed by atoms with E-state index in [1.54, 1.807) is 0 Å². The van der Waals surface area contributed by atoms with Crippen molar-refractivity contribution in [1.82, 2.24) is 4.90 Å². The van der Waals surface area contributed by atoms with E-state index in [1.165, 1.54) is 0 Å². The number of aliphatic hydroxyl groups excluding tert-OH is 1. The second kappa shape index (κ2) is 7.02. The van der Waals surface area contributed by atoms with Gasteiger partial charge in [-0.15, -0.1) is 6.58 Å². The van der Waals surface area contributed by atoms with Gasteiger partial charge < -0.3 is 5.11 Å². The van der Waals surface area contributed by atoms with Crippen molar-refractivity contribution in [3.8, 4) is 0 Å². The summed E-state index contributed by atoms with van der Waals surface area (Å²) in [6, 6.07) is 0.990. The Bertz CT molecular complexity index is 156. The van der Waals surface area contributed by atoms with E-state index in [2.05, 4.69) is 39.2 Å². The van der Waals surface area contributed by atoms with Crippen molar-refractivity contribution in [3.05, 3.63) is 12.7 Å². The molecule has 0 saturated heterocycles. The van der Waals surface area contributed by atoms with E-state index in [4.69, 9.17) is 5.11 Å². The van der Waals surface area contributed by atoms with Gasteiger partial charge in [0.2, 0.25) is 0 Å². The van der Waals surface area contributed by atoms with E-state index in [9.17, 15) is 0 Å². The lowest BCUT2D eigenvalue weighted by molar-refractivity contribution is 0.0976. The number of hydrogen-bond donors (Lipinski definition) is 1. The van der Waals surface area contributed by atoms with Gasteiger partial charge >= 0.3 is 0 Å². The van der Waals surface area contributed by atoms with Crippen molar-refractivity contribution in [2.75, 3.05) is 13.2 Å². The van der Waals surface area contributed by atoms with Crippen LogP contribution in [0.3, 0.4) is 0 Å². The van der Waals surface area contributed by atoms with E-state index in [1.807, 2.05) is 6.08 Å². The summed E-state index contributed by atoms with van der Waals surface area (Å²) in [6.45, 7) is 13.6. The van der Waals surface area contributed by atoms with Crippen LogP contribution in [0.15, 0.2) is 12.7 Å². The van der Waals surface area contributed by atoms with Crippen molar-refractivity contribution < 1.29 is 5.11 Å². The van der Waals surface area contributed by atoms with Crippen LogP contribution in [0, 0.1) is 5.92 Å². The summed E-state index contributed by atoms with van der Waals surface area (Å²) < 4.78 is 0. The first kappa shape index (κ1) is 13.7. The fourth-order valence-electron chi connectivity index (χ4n) is 1.83. The Morgan fingerprint density at radius 2 is 1.86 bits per heavy atom. The standard InChI is InChI=1S/C12H25NO/c1-6-7-11(4)12(5)13(8-9-14)10(2)3/h6,10-12,14H,1,7-9H2,2-5H3. The van der Waals surface area contributed by atoms with Crippen molar-refractivity contribution in [2.45, 2.75) is 46.2 Å². The predicted octanol–water partition coefficient (Wildman–Crippen LogP) is 2.29. The molecule has 0 amide bonds. The molecule has 0 saturated carbocycles. The van der Waals surface area contributed by atoms with Gasteiger partial charge in [0.05, 0.1) is 6.61 Å². The molecule has 0 rings (SSSR count). The number of aliphatic hydroxyl groups is 1. The minimum atomic E-state index is 0.239. The fraction of sp³-hybridized carbons (Fsp3) is 0.833. The highest BCUT2D eigenvalue weighted by Crippen LogP contribution is 2.16. The molecule has 2 nitrogen and oxygen atoms in total. The molecule has 0 aliphatic carbocycles. The molecule has 14 heavy (non-hydrogen) atoms. The van der Waals surface area contributed by atoms with E-state index < -0.39 is 0 Å². The number of rotatable bonds is 7. The molecule has 1 N–H and O–H groups in total. The lowest BCUT2D eigenvalue weighted by Crippen LogP contribution is -2.43. The molecular formula is C12H25NO. The zero-order valence-corrected chi connectivity index (χ0v) is 10.0. The number of allylic oxidation sites excluding steroid dienone is 1. The van der Waals surface area contributed by atoms with Gasteiger partial charge in [0.25, 0.3) is 0 Å². The Morgan fingerprint density at radius 1 is 1.29 bits per heavy atom. The minimum absolute atomic E-state index is 0.239. The van der Waals surface area contributed by atoms with E-state index >= 15 is 0 Å². The van der Waals surface area contributed by atoms with Crippen LogP contribution in [0.25, 0.3) is 0 Å². The Morgan fingerprint density at radius 3 is 2.21 bits per heavy atom. The molecule has 0 fully saturated rings. The van der Waals surface area contributed by atoms with Gasteiger partial charge in [-0.3, -0.25) is 4.90 Å². The van der Waals surface area contributed by atoms with Gasteiger partial charge in [-0.2, -0.15) is 0 Å². The third-order valence-corrected chi connectivity index (χ3v) is 2.91. The van der Waals surface area contributed by atoms with Gasteiger partial charge in [0.15, 0.2) is 0 Å². The van der Waals surface area contributed by atoms with E-state index in [-0.39, 0.29) is 6.61 Å². The molecule has 0 spiro atoms. The number of hydrogen-bond acceptors (Lipinski definition) is 2. The van der Waals surface area contributed by atoms with Crippen LogP contribution in [0.4, 0.5) is 0 Å². The fourth-order valence-corrected chi connectivity index (χ4v) is 1.83. The van der Waals surface area contributed by atoms with Crippen molar-refractivity contribution in [3.63, 3.8) is 0 Å². The van der Waals surface area contributed by atoms with Crippen molar-refractivity contribution >= 4 is 0 Å². The molecule has 2 atom stereocenters. The third kappa shape index (κ3) is 4.25. The van der Waals surface area contributed by atoms with Crippen molar-refractivity contribution in [2.24, 2.45) is 5.92 Å². The highest BCUT2D eigenvalue weighted by Gasteiger charge is 2.20. The summed E-state index contributed by atoms with van der Waals surface area (Å²) in [6.07, 6.45) is 3.01. The average Bonchev–Trinajstić information content (AvgIpc) is 2.13. The first-order chi connectivity index (χ1) is 6.54. The Hall–Kier alpha value is -0.340. The first-order valence-corrected chi connectivity index (χ1v) is 5.52. The maximum absolute atomic E-state index is 8.98. The normalized spacial score (nSPS) is 15.9. The zero-order chi connectivity index (χ0) is 11.1. The van der Waals surface area contributed by atoms with E-state index in [0.717, 1.165) is 13.0 Å². The van der Waals surface area contributed by atoms with Gasteiger partial charge in [0.1, 0.15) is 0 Å². The molecule has 2 heteroatoms. The summed E-state index contributed by atoms with van der Waals surface area (Å²) in [4.78, 5) is 2.34. The summed E-state index contributed by atoms with van der Waals surface area (Å²) >= 11 is 0. The highest BCUT2D eigenvalue weighted by molar-refractivity contribution is 4.80. The molecule has 84 valence electrons. The topological polar surface area (TPSA) is 23.5 Å². The predicted molar refractivity (Wildman–Crippen MR) is 62.4 cm³/mol. The highest BCUT2D eigenvalue weighted by atomic mass is 16.3. The molecule has 0 bridgehead atoms. The largest absolute Gasteiger partial charge is 0.395 e. The Balaban J connectivity index is 4.25. The number of nitrogens with zero attached hydrogens (tertiary/aromatic N) is 1. The van der Waals surface area contributed by atoms with Crippen LogP contribution in [-0.4, -0.2) is 35.2 Å². The molecule has 0 aromatic heterocycles. The average molecular weight is 199 g/mol. The Kier molecular flexibility index (Phi) is 6.85. The Labute approximate surface area is 88.6 Å². The van der Waals surface area contributed by atoms with Gasteiger partial charge in [-0.05, 0) is 33.1 Å². The zero-order valence-electron chi connectivity index (χ0n) is 10.0. The quantitative estimate of drug-likeness (QED) is 0.636. The lowest BCUT2D eigenvalue weighted by atomic mass is 9.97. The van der Waals surface area contributed by atoms with Crippen LogP contribution in [0.5, 0.6) is 0 Å². The van der Waals surface area contributed by atoms with Crippen LogP contribution < -0.4 is 0 Å². The van der Waals surface area contributed by atoms with Gasteiger partial charge in [-0.25, -0.2) is 0 Å². The SMILES string of the molecule is C=CCC(C)C(C)N(CCO)C(C)C. The first-order valence-electron chi connectivity index (χ1n) is 5.52. The monoisotopic (exact) mass is 199 g/mol.